The van der Waals surface area contributed by atoms with E-state index in [0.29, 0.717) is 13.2 Å². The molecule has 1 saturated heterocycles. The maximum absolute atomic E-state index is 10.5. The Labute approximate surface area is 86.4 Å². The molecular weight excluding hydrogens is 180 g/mol. The van der Waals surface area contributed by atoms with Gasteiger partial charge in [-0.2, -0.15) is 0 Å². The highest BCUT2D eigenvalue weighted by molar-refractivity contribution is 4.90. The molecule has 0 spiro atoms. The first-order chi connectivity index (χ1) is 6.61. The molecule has 3 nitrogen and oxygen atoms in total. The first-order valence-corrected chi connectivity index (χ1v) is 5.40. The van der Waals surface area contributed by atoms with Crippen LogP contribution in [0.4, 0.5) is 0 Å². The predicted molar refractivity (Wildman–Crippen MR) is 55.2 cm³/mol. The summed E-state index contributed by atoms with van der Waals surface area (Å²) in [4.78, 5) is 0. The molecule has 0 radical (unpaired) electrons. The fourth-order valence-electron chi connectivity index (χ4n) is 2.12. The summed E-state index contributed by atoms with van der Waals surface area (Å²) in [6, 6.07) is 0. The maximum atomic E-state index is 10.5. The Morgan fingerprint density at radius 3 is 2.71 bits per heavy atom. The van der Waals surface area contributed by atoms with Crippen LogP contribution in [0.3, 0.4) is 0 Å². The second-order valence-corrected chi connectivity index (χ2v) is 4.49. The molecule has 3 heteroatoms. The molecule has 2 unspecified atom stereocenters. The molecular formula is C11H22O3. The highest BCUT2D eigenvalue weighted by Gasteiger charge is 2.40. The quantitative estimate of drug-likeness (QED) is 0.750. The third kappa shape index (κ3) is 2.47. The van der Waals surface area contributed by atoms with Crippen molar-refractivity contribution in [3.05, 3.63) is 0 Å². The SMILES string of the molecule is COCC(O)(C(C)C)C1CCCOC1. The minimum atomic E-state index is -0.727. The van der Waals surface area contributed by atoms with Gasteiger partial charge in [-0.05, 0) is 18.8 Å². The van der Waals surface area contributed by atoms with Crippen LogP contribution in [-0.2, 0) is 9.47 Å². The summed E-state index contributed by atoms with van der Waals surface area (Å²) >= 11 is 0. The van der Waals surface area contributed by atoms with E-state index in [1.54, 1.807) is 7.11 Å². The Hall–Kier alpha value is -0.120. The van der Waals surface area contributed by atoms with Gasteiger partial charge in [0.15, 0.2) is 0 Å². The van der Waals surface area contributed by atoms with Gasteiger partial charge in [0.05, 0.1) is 18.8 Å². The zero-order valence-corrected chi connectivity index (χ0v) is 9.45. The smallest absolute Gasteiger partial charge is 0.0952 e. The van der Waals surface area contributed by atoms with E-state index >= 15 is 0 Å². The molecule has 0 bridgehead atoms. The van der Waals surface area contributed by atoms with E-state index in [9.17, 15) is 5.11 Å². The minimum Gasteiger partial charge on any atom is -0.387 e. The molecule has 0 aromatic heterocycles. The summed E-state index contributed by atoms with van der Waals surface area (Å²) in [5, 5.41) is 10.5. The summed E-state index contributed by atoms with van der Waals surface area (Å²) in [6.07, 6.45) is 2.08. The fourth-order valence-corrected chi connectivity index (χ4v) is 2.12. The zero-order chi connectivity index (χ0) is 10.6. The van der Waals surface area contributed by atoms with Crippen LogP contribution >= 0.6 is 0 Å². The van der Waals surface area contributed by atoms with E-state index in [2.05, 4.69) is 0 Å². The second-order valence-electron chi connectivity index (χ2n) is 4.49. The lowest BCUT2D eigenvalue weighted by Gasteiger charge is -2.40. The van der Waals surface area contributed by atoms with E-state index < -0.39 is 5.60 Å². The average molecular weight is 202 g/mol. The molecule has 0 aliphatic carbocycles. The molecule has 0 amide bonds. The van der Waals surface area contributed by atoms with E-state index in [1.807, 2.05) is 13.8 Å². The van der Waals surface area contributed by atoms with Crippen molar-refractivity contribution in [3.63, 3.8) is 0 Å². The van der Waals surface area contributed by atoms with Crippen LogP contribution < -0.4 is 0 Å². The Bertz CT molecular complexity index is 164. The van der Waals surface area contributed by atoms with Crippen LogP contribution in [0, 0.1) is 11.8 Å². The lowest BCUT2D eigenvalue weighted by atomic mass is 9.76. The van der Waals surface area contributed by atoms with E-state index in [0.717, 1.165) is 19.4 Å². The minimum absolute atomic E-state index is 0.203. The van der Waals surface area contributed by atoms with Crippen molar-refractivity contribution < 1.29 is 14.6 Å². The van der Waals surface area contributed by atoms with E-state index in [4.69, 9.17) is 9.47 Å². The zero-order valence-electron chi connectivity index (χ0n) is 9.45. The Morgan fingerprint density at radius 2 is 2.29 bits per heavy atom. The second kappa shape index (κ2) is 5.10. The van der Waals surface area contributed by atoms with Gasteiger partial charge in [-0.15, -0.1) is 0 Å². The Morgan fingerprint density at radius 1 is 1.57 bits per heavy atom. The number of hydrogen-bond acceptors (Lipinski definition) is 3. The van der Waals surface area contributed by atoms with Gasteiger partial charge in [-0.3, -0.25) is 0 Å². The third-order valence-corrected chi connectivity index (χ3v) is 3.24. The van der Waals surface area contributed by atoms with Crippen molar-refractivity contribution in [2.24, 2.45) is 11.8 Å². The summed E-state index contributed by atoms with van der Waals surface area (Å²) < 4.78 is 10.5. The van der Waals surface area contributed by atoms with Crippen molar-refractivity contribution in [3.8, 4) is 0 Å². The molecule has 2 atom stereocenters. The normalized spacial score (nSPS) is 27.6. The van der Waals surface area contributed by atoms with Crippen molar-refractivity contribution in [2.45, 2.75) is 32.3 Å². The Kier molecular flexibility index (Phi) is 4.35. The van der Waals surface area contributed by atoms with Crippen molar-refractivity contribution in [1.82, 2.24) is 0 Å². The molecule has 1 heterocycles. The van der Waals surface area contributed by atoms with Gasteiger partial charge < -0.3 is 14.6 Å². The molecule has 1 aliphatic heterocycles. The highest BCUT2D eigenvalue weighted by Crippen LogP contribution is 2.32. The highest BCUT2D eigenvalue weighted by atomic mass is 16.5. The monoisotopic (exact) mass is 202 g/mol. The van der Waals surface area contributed by atoms with Crippen LogP contribution in [-0.4, -0.2) is 37.6 Å². The molecule has 0 aromatic carbocycles. The van der Waals surface area contributed by atoms with Crippen LogP contribution in [0.1, 0.15) is 26.7 Å². The molecule has 84 valence electrons. The average Bonchev–Trinajstić information content (AvgIpc) is 2.19. The maximum Gasteiger partial charge on any atom is 0.0952 e. The van der Waals surface area contributed by atoms with E-state index in [1.165, 1.54) is 0 Å². The third-order valence-electron chi connectivity index (χ3n) is 3.24. The van der Waals surface area contributed by atoms with Gasteiger partial charge in [0.1, 0.15) is 0 Å². The first kappa shape index (κ1) is 12.0. The van der Waals surface area contributed by atoms with Crippen molar-refractivity contribution in [2.75, 3.05) is 26.9 Å². The summed E-state index contributed by atoms with van der Waals surface area (Å²) in [6.45, 7) is 5.97. The summed E-state index contributed by atoms with van der Waals surface area (Å²) in [5.74, 6) is 0.422. The number of hydrogen-bond donors (Lipinski definition) is 1. The number of aliphatic hydroxyl groups is 1. The van der Waals surface area contributed by atoms with Gasteiger partial charge in [-0.25, -0.2) is 0 Å². The van der Waals surface area contributed by atoms with Crippen molar-refractivity contribution in [1.29, 1.82) is 0 Å². The van der Waals surface area contributed by atoms with Gasteiger partial charge in [0, 0.05) is 19.6 Å². The molecule has 14 heavy (non-hydrogen) atoms. The van der Waals surface area contributed by atoms with Crippen LogP contribution in [0.25, 0.3) is 0 Å². The number of rotatable bonds is 4. The van der Waals surface area contributed by atoms with Gasteiger partial charge >= 0.3 is 0 Å². The van der Waals surface area contributed by atoms with Gasteiger partial charge in [-0.1, -0.05) is 13.8 Å². The van der Waals surface area contributed by atoms with Crippen LogP contribution in [0.15, 0.2) is 0 Å². The van der Waals surface area contributed by atoms with Crippen LogP contribution in [0.2, 0.25) is 0 Å². The number of ether oxygens (including phenoxy) is 2. The lowest BCUT2D eigenvalue weighted by molar-refractivity contribution is -0.138. The standard InChI is InChI=1S/C11H22O3/c1-9(2)11(12,8-13-3)10-5-4-6-14-7-10/h9-10,12H,4-8H2,1-3H3. The largest absolute Gasteiger partial charge is 0.387 e. The van der Waals surface area contributed by atoms with Crippen LogP contribution in [0.5, 0.6) is 0 Å². The molecule has 1 aliphatic rings. The van der Waals surface area contributed by atoms with E-state index in [-0.39, 0.29) is 11.8 Å². The fraction of sp³-hybridized carbons (Fsp3) is 1.00. The molecule has 1 N–H and O–H groups in total. The topological polar surface area (TPSA) is 38.7 Å². The summed E-state index contributed by atoms with van der Waals surface area (Å²) in [5.41, 5.74) is -0.727. The summed E-state index contributed by atoms with van der Waals surface area (Å²) in [7, 11) is 1.64. The molecule has 1 rings (SSSR count). The lowest BCUT2D eigenvalue weighted by Crippen LogP contribution is -2.50. The molecule has 0 aromatic rings. The predicted octanol–water partition coefficient (Wildman–Crippen LogP) is 1.45. The Balaban J connectivity index is 2.64. The first-order valence-electron chi connectivity index (χ1n) is 5.40. The van der Waals surface area contributed by atoms with Gasteiger partial charge in [0.2, 0.25) is 0 Å². The number of methoxy groups -OCH3 is 1. The van der Waals surface area contributed by atoms with Crippen molar-refractivity contribution >= 4 is 0 Å². The molecule has 1 fully saturated rings. The van der Waals surface area contributed by atoms with Gasteiger partial charge in [0.25, 0.3) is 0 Å². The molecule has 0 saturated carbocycles.